The first kappa shape index (κ1) is 17.7. The zero-order valence-corrected chi connectivity index (χ0v) is 15.8. The zero-order valence-electron chi connectivity index (χ0n) is 14.9. The van der Waals surface area contributed by atoms with Gasteiger partial charge >= 0.3 is 0 Å². The Morgan fingerprint density at radius 3 is 2.93 bits per heavy atom. The monoisotopic (exact) mass is 384 g/mol. The molecule has 0 bridgehead atoms. The van der Waals surface area contributed by atoms with Gasteiger partial charge < -0.3 is 19.7 Å². The van der Waals surface area contributed by atoms with Gasteiger partial charge in [-0.15, -0.1) is 11.8 Å². The number of amides is 2. The van der Waals surface area contributed by atoms with Gasteiger partial charge in [0.25, 0.3) is 5.91 Å². The summed E-state index contributed by atoms with van der Waals surface area (Å²) in [6.45, 7) is 0.802. The fourth-order valence-corrected chi connectivity index (χ4v) is 4.05. The molecule has 0 aromatic heterocycles. The average molecular weight is 384 g/mol. The Morgan fingerprint density at radius 1 is 1.26 bits per heavy atom. The van der Waals surface area contributed by atoms with E-state index in [2.05, 4.69) is 5.32 Å². The lowest BCUT2D eigenvalue weighted by Gasteiger charge is -2.29. The van der Waals surface area contributed by atoms with Crippen molar-refractivity contribution in [2.45, 2.75) is 17.4 Å². The molecule has 0 fully saturated rings. The summed E-state index contributed by atoms with van der Waals surface area (Å²) in [7, 11) is 1.74. The van der Waals surface area contributed by atoms with Crippen molar-refractivity contribution in [1.82, 2.24) is 4.90 Å². The number of thioether (sulfide) groups is 1. The standard InChI is InChI=1S/C20H20N2O4S/c1-22(11-14-12-25-16-4-2-3-5-17(16)26-14)20(24)13-6-7-18-15(10-13)21-19(23)8-9-27-18/h2-7,10,14H,8-9,11-12H2,1H3,(H,21,23). The van der Waals surface area contributed by atoms with Crippen LogP contribution in [0.15, 0.2) is 47.4 Å². The maximum atomic E-state index is 12.8. The summed E-state index contributed by atoms with van der Waals surface area (Å²) >= 11 is 1.62. The van der Waals surface area contributed by atoms with Gasteiger partial charge in [-0.3, -0.25) is 9.59 Å². The van der Waals surface area contributed by atoms with Crippen molar-refractivity contribution in [2.24, 2.45) is 0 Å². The first-order valence-corrected chi connectivity index (χ1v) is 9.79. The van der Waals surface area contributed by atoms with Crippen LogP contribution in [0.3, 0.4) is 0 Å². The van der Waals surface area contributed by atoms with E-state index in [1.807, 2.05) is 30.3 Å². The van der Waals surface area contributed by atoms with Crippen LogP contribution in [-0.4, -0.2) is 48.8 Å². The van der Waals surface area contributed by atoms with E-state index in [9.17, 15) is 9.59 Å². The summed E-state index contributed by atoms with van der Waals surface area (Å²) in [6, 6.07) is 12.9. The predicted molar refractivity (Wildman–Crippen MR) is 104 cm³/mol. The molecule has 2 amide bonds. The SMILES string of the molecule is CN(CC1COc2ccccc2O1)C(=O)c1ccc2c(c1)NC(=O)CCS2. The molecule has 2 aliphatic heterocycles. The van der Waals surface area contributed by atoms with E-state index in [4.69, 9.17) is 9.47 Å². The maximum Gasteiger partial charge on any atom is 0.253 e. The number of hydrogen-bond donors (Lipinski definition) is 1. The predicted octanol–water partition coefficient (Wildman–Crippen LogP) is 3.03. The summed E-state index contributed by atoms with van der Waals surface area (Å²) < 4.78 is 11.6. The molecule has 4 rings (SSSR count). The third kappa shape index (κ3) is 3.88. The van der Waals surface area contributed by atoms with Gasteiger partial charge in [-0.25, -0.2) is 0 Å². The van der Waals surface area contributed by atoms with Crippen molar-refractivity contribution < 1.29 is 19.1 Å². The molecule has 27 heavy (non-hydrogen) atoms. The molecular formula is C20H20N2O4S. The molecule has 7 heteroatoms. The second-order valence-corrected chi connectivity index (χ2v) is 7.68. The van der Waals surface area contributed by atoms with Gasteiger partial charge in [-0.05, 0) is 30.3 Å². The number of ether oxygens (including phenoxy) is 2. The Balaban J connectivity index is 1.44. The number of nitrogens with one attached hydrogen (secondary N) is 1. The fourth-order valence-electron chi connectivity index (χ4n) is 3.11. The topological polar surface area (TPSA) is 67.9 Å². The van der Waals surface area contributed by atoms with Crippen LogP contribution in [0.25, 0.3) is 0 Å². The number of carbonyl (C=O) groups excluding carboxylic acids is 2. The lowest BCUT2D eigenvalue weighted by atomic mass is 10.1. The highest BCUT2D eigenvalue weighted by Crippen LogP contribution is 2.32. The molecule has 2 aromatic rings. The highest BCUT2D eigenvalue weighted by molar-refractivity contribution is 7.99. The Hall–Kier alpha value is -2.67. The van der Waals surface area contributed by atoms with Crippen LogP contribution in [0, 0.1) is 0 Å². The maximum absolute atomic E-state index is 12.8. The number of carbonyl (C=O) groups is 2. The van der Waals surface area contributed by atoms with Crippen LogP contribution in [0.2, 0.25) is 0 Å². The third-order valence-corrected chi connectivity index (χ3v) is 5.55. The van der Waals surface area contributed by atoms with Gasteiger partial charge in [0.1, 0.15) is 6.61 Å². The molecule has 1 unspecified atom stereocenters. The van der Waals surface area contributed by atoms with Crippen molar-refractivity contribution in [1.29, 1.82) is 0 Å². The van der Waals surface area contributed by atoms with E-state index in [1.54, 1.807) is 35.8 Å². The minimum absolute atomic E-state index is 0.0226. The number of hydrogen-bond acceptors (Lipinski definition) is 5. The fraction of sp³-hybridized carbons (Fsp3) is 0.300. The van der Waals surface area contributed by atoms with Crippen LogP contribution < -0.4 is 14.8 Å². The van der Waals surface area contributed by atoms with E-state index in [-0.39, 0.29) is 17.9 Å². The number of nitrogens with zero attached hydrogens (tertiary/aromatic N) is 1. The number of anilines is 1. The third-order valence-electron chi connectivity index (χ3n) is 4.48. The van der Waals surface area contributed by atoms with Crippen LogP contribution in [0.5, 0.6) is 11.5 Å². The molecule has 0 spiro atoms. The van der Waals surface area contributed by atoms with Crippen LogP contribution in [0.4, 0.5) is 5.69 Å². The first-order valence-electron chi connectivity index (χ1n) is 8.81. The van der Waals surface area contributed by atoms with Gasteiger partial charge in [0.15, 0.2) is 17.6 Å². The van der Waals surface area contributed by atoms with Crippen molar-refractivity contribution in [3.05, 3.63) is 48.0 Å². The van der Waals surface area contributed by atoms with E-state index in [0.29, 0.717) is 36.6 Å². The number of para-hydroxylation sites is 2. The highest BCUT2D eigenvalue weighted by atomic mass is 32.2. The van der Waals surface area contributed by atoms with Crippen LogP contribution in [-0.2, 0) is 4.79 Å². The smallest absolute Gasteiger partial charge is 0.253 e. The molecule has 1 N–H and O–H groups in total. The molecule has 140 valence electrons. The lowest BCUT2D eigenvalue weighted by molar-refractivity contribution is -0.115. The summed E-state index contributed by atoms with van der Waals surface area (Å²) in [5.74, 6) is 2.02. The zero-order chi connectivity index (χ0) is 18.8. The first-order chi connectivity index (χ1) is 13.1. The van der Waals surface area contributed by atoms with Gasteiger partial charge in [0, 0.05) is 29.7 Å². The summed E-state index contributed by atoms with van der Waals surface area (Å²) in [5.41, 5.74) is 1.24. The molecule has 6 nitrogen and oxygen atoms in total. The van der Waals surface area contributed by atoms with Gasteiger partial charge in [0.05, 0.1) is 12.2 Å². The van der Waals surface area contributed by atoms with E-state index < -0.39 is 0 Å². The Labute approximate surface area is 161 Å². The number of fused-ring (bicyclic) bond motifs is 2. The molecule has 0 saturated carbocycles. The van der Waals surface area contributed by atoms with E-state index in [0.717, 1.165) is 16.4 Å². The minimum atomic E-state index is -0.232. The van der Waals surface area contributed by atoms with Gasteiger partial charge in [0.2, 0.25) is 5.91 Å². The largest absolute Gasteiger partial charge is 0.486 e. The Bertz CT molecular complexity index is 886. The normalized spacial score (nSPS) is 18.1. The van der Waals surface area contributed by atoms with Crippen molar-refractivity contribution in [2.75, 3.05) is 31.3 Å². The Morgan fingerprint density at radius 2 is 2.07 bits per heavy atom. The number of benzene rings is 2. The molecule has 1 atom stereocenters. The van der Waals surface area contributed by atoms with Gasteiger partial charge in [-0.1, -0.05) is 12.1 Å². The molecule has 0 saturated heterocycles. The summed E-state index contributed by atoms with van der Waals surface area (Å²) in [5, 5.41) is 2.87. The highest BCUT2D eigenvalue weighted by Gasteiger charge is 2.25. The average Bonchev–Trinajstić information content (AvgIpc) is 2.87. The second kappa shape index (κ2) is 7.52. The minimum Gasteiger partial charge on any atom is -0.486 e. The van der Waals surface area contributed by atoms with Crippen molar-refractivity contribution >= 4 is 29.3 Å². The molecule has 2 aromatic carbocycles. The van der Waals surface area contributed by atoms with E-state index in [1.165, 1.54) is 0 Å². The quantitative estimate of drug-likeness (QED) is 0.881. The molecule has 0 aliphatic carbocycles. The molecule has 0 radical (unpaired) electrons. The summed E-state index contributed by atoms with van der Waals surface area (Å²) in [6.07, 6.45) is 0.244. The molecular weight excluding hydrogens is 364 g/mol. The second-order valence-electron chi connectivity index (χ2n) is 6.54. The number of likely N-dealkylation sites (N-methyl/N-ethyl adjacent to an activating group) is 1. The lowest BCUT2D eigenvalue weighted by Crippen LogP contribution is -2.41. The van der Waals surface area contributed by atoms with Crippen LogP contribution >= 0.6 is 11.8 Å². The van der Waals surface area contributed by atoms with Crippen molar-refractivity contribution in [3.63, 3.8) is 0 Å². The Kier molecular flexibility index (Phi) is 4.94. The number of rotatable bonds is 3. The molecule has 2 aliphatic rings. The van der Waals surface area contributed by atoms with Gasteiger partial charge in [-0.2, -0.15) is 0 Å². The van der Waals surface area contributed by atoms with E-state index >= 15 is 0 Å². The van der Waals surface area contributed by atoms with Crippen LogP contribution in [0.1, 0.15) is 16.8 Å². The van der Waals surface area contributed by atoms with Crippen molar-refractivity contribution in [3.8, 4) is 11.5 Å². The molecule has 2 heterocycles. The summed E-state index contributed by atoms with van der Waals surface area (Å²) in [4.78, 5) is 27.2.